The first-order chi connectivity index (χ1) is 10.2. The van der Waals surface area contributed by atoms with Crippen LogP contribution in [-0.2, 0) is 4.74 Å². The lowest BCUT2D eigenvalue weighted by Crippen LogP contribution is -2.15. The van der Waals surface area contributed by atoms with Gasteiger partial charge in [0.2, 0.25) is 5.28 Å². The molecule has 1 aromatic heterocycles. The van der Waals surface area contributed by atoms with E-state index in [2.05, 4.69) is 14.7 Å². The van der Waals surface area contributed by atoms with E-state index in [0.717, 1.165) is 5.56 Å². The van der Waals surface area contributed by atoms with Crippen LogP contribution in [0.1, 0.15) is 10.5 Å². The van der Waals surface area contributed by atoms with E-state index < -0.39 is 5.97 Å². The molecule has 0 unspecified atom stereocenters. The van der Waals surface area contributed by atoms with Gasteiger partial charge in [0.25, 0.3) is 0 Å². The summed E-state index contributed by atoms with van der Waals surface area (Å²) in [5, 5.41) is -0.0252. The number of hydrogen-bond donors (Lipinski definition) is 0. The number of halogens is 1. The minimum atomic E-state index is -0.571. The number of rotatable bonds is 2. The summed E-state index contributed by atoms with van der Waals surface area (Å²) in [6, 6.07) is 6.90. The molecule has 0 aliphatic carbocycles. The molecule has 108 valence electrons. The normalized spacial score (nSPS) is 12.9. The summed E-state index contributed by atoms with van der Waals surface area (Å²) < 4.78 is 15.6. The van der Waals surface area contributed by atoms with Crippen LogP contribution in [0, 0.1) is 0 Å². The van der Waals surface area contributed by atoms with Gasteiger partial charge in [-0.3, -0.25) is 0 Å². The second-order valence-corrected chi connectivity index (χ2v) is 4.60. The van der Waals surface area contributed by atoms with Crippen molar-refractivity contribution >= 4 is 17.6 Å². The van der Waals surface area contributed by atoms with Crippen LogP contribution in [-0.4, -0.2) is 36.3 Å². The maximum absolute atomic E-state index is 11.6. The summed E-state index contributed by atoms with van der Waals surface area (Å²) in [5.74, 6) is 0.740. The number of fused-ring (bicyclic) bond motifs is 1. The van der Waals surface area contributed by atoms with Crippen LogP contribution in [0.4, 0.5) is 0 Å². The van der Waals surface area contributed by atoms with Gasteiger partial charge in [-0.2, -0.15) is 0 Å². The van der Waals surface area contributed by atoms with Crippen molar-refractivity contribution in [1.29, 1.82) is 0 Å². The maximum Gasteiger partial charge on any atom is 0.356 e. The highest BCUT2D eigenvalue weighted by molar-refractivity contribution is 6.28. The molecule has 0 bridgehead atoms. The minimum absolute atomic E-state index is 0.0252. The van der Waals surface area contributed by atoms with Gasteiger partial charge >= 0.3 is 5.97 Å². The van der Waals surface area contributed by atoms with Crippen LogP contribution in [0.15, 0.2) is 24.3 Å². The largest absolute Gasteiger partial charge is 0.486 e. The molecule has 3 rings (SSSR count). The molecule has 1 aromatic carbocycles. The van der Waals surface area contributed by atoms with Gasteiger partial charge in [0.05, 0.1) is 12.8 Å². The molecule has 2 aromatic rings. The van der Waals surface area contributed by atoms with Crippen molar-refractivity contribution in [1.82, 2.24) is 9.97 Å². The molecular weight excluding hydrogens is 296 g/mol. The van der Waals surface area contributed by atoms with Crippen LogP contribution in [0.2, 0.25) is 5.28 Å². The smallest absolute Gasteiger partial charge is 0.356 e. The fourth-order valence-electron chi connectivity index (χ4n) is 1.98. The number of ether oxygens (including phenoxy) is 3. The average Bonchev–Trinajstić information content (AvgIpc) is 2.53. The molecule has 0 radical (unpaired) electrons. The Morgan fingerprint density at radius 2 is 1.95 bits per heavy atom. The Labute approximate surface area is 125 Å². The Morgan fingerprint density at radius 1 is 1.19 bits per heavy atom. The van der Waals surface area contributed by atoms with Crippen molar-refractivity contribution in [3.05, 3.63) is 35.2 Å². The fraction of sp³-hybridized carbons (Fsp3) is 0.214. The van der Waals surface area contributed by atoms with Crippen molar-refractivity contribution < 1.29 is 19.0 Å². The second-order valence-electron chi connectivity index (χ2n) is 4.26. The van der Waals surface area contributed by atoms with Crippen LogP contribution in [0.5, 0.6) is 11.5 Å². The highest BCUT2D eigenvalue weighted by atomic mass is 35.5. The van der Waals surface area contributed by atoms with E-state index >= 15 is 0 Å². The lowest BCUT2D eigenvalue weighted by molar-refractivity contribution is 0.0594. The van der Waals surface area contributed by atoms with E-state index in [1.165, 1.54) is 13.2 Å². The van der Waals surface area contributed by atoms with Gasteiger partial charge in [-0.15, -0.1) is 0 Å². The maximum atomic E-state index is 11.6. The van der Waals surface area contributed by atoms with Crippen LogP contribution in [0.25, 0.3) is 11.3 Å². The SMILES string of the molecule is COC(=O)c1cc(-c2ccc3c(c2)OCCO3)nc(Cl)n1. The van der Waals surface area contributed by atoms with E-state index in [1.807, 2.05) is 6.07 Å². The molecule has 0 saturated carbocycles. The molecule has 2 heterocycles. The topological polar surface area (TPSA) is 70.5 Å². The Bertz CT molecular complexity index is 705. The number of carbonyl (C=O) groups is 1. The van der Waals surface area contributed by atoms with E-state index in [-0.39, 0.29) is 11.0 Å². The van der Waals surface area contributed by atoms with E-state index in [0.29, 0.717) is 30.4 Å². The van der Waals surface area contributed by atoms with Crippen molar-refractivity contribution in [2.45, 2.75) is 0 Å². The van der Waals surface area contributed by atoms with Crippen molar-refractivity contribution in [3.8, 4) is 22.8 Å². The zero-order valence-electron chi connectivity index (χ0n) is 11.1. The van der Waals surface area contributed by atoms with Crippen molar-refractivity contribution in [2.24, 2.45) is 0 Å². The highest BCUT2D eigenvalue weighted by Crippen LogP contribution is 2.34. The second kappa shape index (κ2) is 5.57. The Kier molecular flexibility index (Phi) is 3.62. The van der Waals surface area contributed by atoms with Gasteiger partial charge in [-0.1, -0.05) is 0 Å². The molecule has 0 spiro atoms. The molecule has 1 aliphatic heterocycles. The molecule has 6 nitrogen and oxygen atoms in total. The predicted molar refractivity (Wildman–Crippen MR) is 74.8 cm³/mol. The number of benzene rings is 1. The van der Waals surface area contributed by atoms with Gasteiger partial charge < -0.3 is 14.2 Å². The van der Waals surface area contributed by atoms with Crippen molar-refractivity contribution in [3.63, 3.8) is 0 Å². The Hall–Kier alpha value is -2.34. The van der Waals surface area contributed by atoms with Crippen molar-refractivity contribution in [2.75, 3.05) is 20.3 Å². The molecule has 0 fully saturated rings. The van der Waals surface area contributed by atoms with Gasteiger partial charge in [0, 0.05) is 5.56 Å². The molecule has 1 aliphatic rings. The fourth-order valence-corrected chi connectivity index (χ4v) is 2.16. The van der Waals surface area contributed by atoms with E-state index in [9.17, 15) is 4.79 Å². The third-order valence-electron chi connectivity index (χ3n) is 2.93. The van der Waals surface area contributed by atoms with Gasteiger partial charge in [0.15, 0.2) is 17.2 Å². The number of hydrogen-bond acceptors (Lipinski definition) is 6. The summed E-state index contributed by atoms with van der Waals surface area (Å²) in [5.41, 5.74) is 1.35. The number of nitrogens with zero attached hydrogens (tertiary/aromatic N) is 2. The third kappa shape index (κ3) is 2.75. The van der Waals surface area contributed by atoms with Gasteiger partial charge in [-0.25, -0.2) is 14.8 Å². The Balaban J connectivity index is 2.03. The number of aromatic nitrogens is 2. The lowest BCUT2D eigenvalue weighted by atomic mass is 10.1. The number of methoxy groups -OCH3 is 1. The molecule has 0 saturated heterocycles. The highest BCUT2D eigenvalue weighted by Gasteiger charge is 2.16. The number of esters is 1. The van der Waals surface area contributed by atoms with Crippen LogP contribution >= 0.6 is 11.6 Å². The first-order valence-corrected chi connectivity index (χ1v) is 6.58. The minimum Gasteiger partial charge on any atom is -0.486 e. The van der Waals surface area contributed by atoms with E-state index in [1.54, 1.807) is 12.1 Å². The number of carbonyl (C=O) groups excluding carboxylic acids is 1. The summed E-state index contributed by atoms with van der Waals surface area (Å²) >= 11 is 5.86. The first-order valence-electron chi connectivity index (χ1n) is 6.20. The van der Waals surface area contributed by atoms with Gasteiger partial charge in [-0.05, 0) is 35.9 Å². The molecule has 0 atom stereocenters. The first kappa shape index (κ1) is 13.6. The molecule has 0 amide bonds. The Morgan fingerprint density at radius 3 is 2.71 bits per heavy atom. The van der Waals surface area contributed by atoms with E-state index in [4.69, 9.17) is 21.1 Å². The molecule has 21 heavy (non-hydrogen) atoms. The molecular formula is C14H11ClN2O4. The standard InChI is InChI=1S/C14H11ClN2O4/c1-19-13(18)10-7-9(16-14(15)17-10)8-2-3-11-12(6-8)21-5-4-20-11/h2-3,6-7H,4-5H2,1H3. The van der Waals surface area contributed by atoms with Gasteiger partial charge in [0.1, 0.15) is 13.2 Å². The summed E-state index contributed by atoms with van der Waals surface area (Å²) in [6.45, 7) is 1.02. The quantitative estimate of drug-likeness (QED) is 0.626. The monoisotopic (exact) mass is 306 g/mol. The summed E-state index contributed by atoms with van der Waals surface area (Å²) in [7, 11) is 1.28. The average molecular weight is 307 g/mol. The zero-order chi connectivity index (χ0) is 14.8. The summed E-state index contributed by atoms with van der Waals surface area (Å²) in [6.07, 6.45) is 0. The lowest BCUT2D eigenvalue weighted by Gasteiger charge is -2.18. The summed E-state index contributed by atoms with van der Waals surface area (Å²) in [4.78, 5) is 19.5. The molecule has 7 heteroatoms. The zero-order valence-corrected chi connectivity index (χ0v) is 11.9. The van der Waals surface area contributed by atoms with Crippen LogP contribution < -0.4 is 9.47 Å². The third-order valence-corrected chi connectivity index (χ3v) is 3.10. The molecule has 0 N–H and O–H groups in total. The van der Waals surface area contributed by atoms with Crippen LogP contribution in [0.3, 0.4) is 0 Å². The predicted octanol–water partition coefficient (Wildman–Crippen LogP) is 2.35.